The molecule has 2 heterocycles. The van der Waals surface area contributed by atoms with Crippen LogP contribution in [0.4, 0.5) is 0 Å². The molecule has 1 aromatic carbocycles. The van der Waals surface area contributed by atoms with Crippen LogP contribution in [0.2, 0.25) is 0 Å². The molecule has 0 unspecified atom stereocenters. The van der Waals surface area contributed by atoms with Gasteiger partial charge in [-0.2, -0.15) is 4.31 Å². The van der Waals surface area contributed by atoms with E-state index in [0.29, 0.717) is 18.0 Å². The summed E-state index contributed by atoms with van der Waals surface area (Å²) in [5.41, 5.74) is 7.42. The summed E-state index contributed by atoms with van der Waals surface area (Å²) in [6.07, 6.45) is 2.26. The van der Waals surface area contributed by atoms with E-state index in [-0.39, 0.29) is 23.9 Å². The monoisotopic (exact) mass is 410 g/mol. The van der Waals surface area contributed by atoms with E-state index in [1.54, 1.807) is 34.7 Å². The molecule has 10 heteroatoms. The highest BCUT2D eigenvalue weighted by atomic mass is 32.2. The van der Waals surface area contributed by atoms with Gasteiger partial charge in [0.05, 0.1) is 18.0 Å². The third-order valence-corrected chi connectivity index (χ3v) is 7.13. The lowest BCUT2D eigenvalue weighted by Gasteiger charge is -2.31. The molecule has 3 rings (SSSR count). The lowest BCUT2D eigenvalue weighted by Crippen LogP contribution is -2.47. The van der Waals surface area contributed by atoms with Gasteiger partial charge < -0.3 is 15.7 Å². The van der Waals surface area contributed by atoms with Crippen molar-refractivity contribution in [1.29, 1.82) is 0 Å². The highest BCUT2D eigenvalue weighted by Gasteiger charge is 2.27. The number of fused-ring (bicyclic) bond motifs is 1. The van der Waals surface area contributed by atoms with Crippen molar-refractivity contribution >= 4 is 27.3 Å². The third kappa shape index (κ3) is 4.19. The van der Waals surface area contributed by atoms with E-state index in [1.807, 2.05) is 0 Å². The van der Waals surface area contributed by atoms with Crippen LogP contribution in [0.1, 0.15) is 16.1 Å². The van der Waals surface area contributed by atoms with Crippen molar-refractivity contribution in [2.24, 2.45) is 5.73 Å². The second kappa shape index (κ2) is 8.03. The summed E-state index contributed by atoms with van der Waals surface area (Å²) in [5.74, 6) is -0.336. The minimum absolute atomic E-state index is 0.182. The number of sulfonamides is 1. The van der Waals surface area contributed by atoms with Gasteiger partial charge in [0.2, 0.25) is 15.9 Å². The lowest BCUT2D eigenvalue weighted by atomic mass is 9.99. The van der Waals surface area contributed by atoms with Crippen molar-refractivity contribution in [2.45, 2.75) is 30.4 Å². The van der Waals surface area contributed by atoms with E-state index >= 15 is 0 Å². The fraction of sp³-hybridized carbons (Fsp3) is 0.412. The predicted octanol–water partition coefficient (Wildman–Crippen LogP) is 0.168. The molecule has 8 nitrogen and oxygen atoms in total. The number of aromatic nitrogens is 1. The first-order valence-electron chi connectivity index (χ1n) is 8.44. The standard InChI is InChI=1S/C17H22N4O4S2/c1-20(10-16-19-5-7-26-16)27(24,25)14-3-2-12-4-6-21(9-13(12)8-14)17(23)15(18)11-22/h2-3,5,7-8,15,22H,4,6,9-11,18H2,1H3/t15-/m0/s1. The van der Waals surface area contributed by atoms with Gasteiger partial charge in [-0.15, -0.1) is 11.3 Å². The van der Waals surface area contributed by atoms with E-state index in [2.05, 4.69) is 4.98 Å². The average Bonchev–Trinajstić information content (AvgIpc) is 3.18. The van der Waals surface area contributed by atoms with Crippen LogP contribution in [0.3, 0.4) is 0 Å². The molecule has 0 spiro atoms. The predicted molar refractivity (Wildman–Crippen MR) is 101 cm³/mol. The van der Waals surface area contributed by atoms with Gasteiger partial charge in [-0.1, -0.05) is 6.07 Å². The zero-order valence-electron chi connectivity index (χ0n) is 14.9. The molecular weight excluding hydrogens is 388 g/mol. The maximum absolute atomic E-state index is 12.9. The maximum atomic E-state index is 12.9. The molecule has 0 saturated heterocycles. The maximum Gasteiger partial charge on any atom is 0.243 e. The molecule has 1 atom stereocenters. The van der Waals surface area contributed by atoms with Crippen LogP contribution < -0.4 is 5.73 Å². The SMILES string of the molecule is CN(Cc1nccs1)S(=O)(=O)c1ccc2c(c1)CN(C(=O)[C@@H](N)CO)CC2. The van der Waals surface area contributed by atoms with E-state index < -0.39 is 22.7 Å². The summed E-state index contributed by atoms with van der Waals surface area (Å²) in [6.45, 7) is 0.558. The number of carbonyl (C=O) groups is 1. The van der Waals surface area contributed by atoms with Crippen molar-refractivity contribution in [3.05, 3.63) is 45.9 Å². The lowest BCUT2D eigenvalue weighted by molar-refractivity contribution is -0.134. The van der Waals surface area contributed by atoms with Crippen molar-refractivity contribution in [3.8, 4) is 0 Å². The van der Waals surface area contributed by atoms with Crippen LogP contribution in [0.15, 0.2) is 34.7 Å². The Morgan fingerprint density at radius 3 is 2.89 bits per heavy atom. The first-order valence-corrected chi connectivity index (χ1v) is 10.8. The fourth-order valence-electron chi connectivity index (χ4n) is 2.98. The van der Waals surface area contributed by atoms with Gasteiger partial charge in [0.15, 0.2) is 0 Å². The molecule has 0 aliphatic carbocycles. The highest BCUT2D eigenvalue weighted by Crippen LogP contribution is 2.25. The van der Waals surface area contributed by atoms with Crippen LogP contribution in [-0.2, 0) is 34.3 Å². The summed E-state index contributed by atoms with van der Waals surface area (Å²) in [5, 5.41) is 11.6. The number of carbonyl (C=O) groups excluding carboxylic acids is 1. The van der Waals surface area contributed by atoms with E-state index in [4.69, 9.17) is 10.8 Å². The van der Waals surface area contributed by atoms with Crippen LogP contribution in [0.25, 0.3) is 0 Å². The molecule has 146 valence electrons. The number of rotatable bonds is 6. The van der Waals surface area contributed by atoms with Crippen molar-refractivity contribution in [1.82, 2.24) is 14.2 Å². The minimum Gasteiger partial charge on any atom is -0.394 e. The van der Waals surface area contributed by atoms with Gasteiger partial charge in [-0.05, 0) is 29.7 Å². The van der Waals surface area contributed by atoms with Crippen LogP contribution in [0, 0.1) is 0 Å². The first-order chi connectivity index (χ1) is 12.8. The van der Waals surface area contributed by atoms with Gasteiger partial charge in [0.1, 0.15) is 11.0 Å². The average molecular weight is 411 g/mol. The minimum atomic E-state index is -3.68. The topological polar surface area (TPSA) is 117 Å². The number of hydrogen-bond acceptors (Lipinski definition) is 7. The number of nitrogens with two attached hydrogens (primary N) is 1. The van der Waals surface area contributed by atoms with Gasteiger partial charge in [0.25, 0.3) is 0 Å². The molecular formula is C17H22N4O4S2. The molecule has 1 aliphatic heterocycles. The Morgan fingerprint density at radius 1 is 1.44 bits per heavy atom. The molecule has 0 radical (unpaired) electrons. The van der Waals surface area contributed by atoms with Gasteiger partial charge >= 0.3 is 0 Å². The number of benzene rings is 1. The smallest absolute Gasteiger partial charge is 0.243 e. The normalized spacial score (nSPS) is 15.6. The van der Waals surface area contributed by atoms with Crippen LogP contribution in [-0.4, -0.2) is 59.9 Å². The van der Waals surface area contributed by atoms with Crippen LogP contribution in [0.5, 0.6) is 0 Å². The second-order valence-corrected chi connectivity index (χ2v) is 9.44. The summed E-state index contributed by atoms with van der Waals surface area (Å²) < 4.78 is 27.0. The summed E-state index contributed by atoms with van der Waals surface area (Å²) >= 11 is 1.40. The molecule has 0 fully saturated rings. The van der Waals surface area contributed by atoms with Crippen molar-refractivity contribution in [2.75, 3.05) is 20.2 Å². The second-order valence-electron chi connectivity index (χ2n) is 6.42. The van der Waals surface area contributed by atoms with Crippen molar-refractivity contribution in [3.63, 3.8) is 0 Å². The van der Waals surface area contributed by atoms with Gasteiger partial charge in [-0.25, -0.2) is 13.4 Å². The molecule has 2 aromatic rings. The number of hydrogen-bond donors (Lipinski definition) is 2. The Balaban J connectivity index is 1.82. The molecule has 0 saturated carbocycles. The molecule has 1 amide bonds. The Kier molecular flexibility index (Phi) is 5.92. The zero-order valence-corrected chi connectivity index (χ0v) is 16.5. The Labute approximate surface area is 162 Å². The number of thiazole rings is 1. The third-order valence-electron chi connectivity index (χ3n) is 4.57. The van der Waals surface area contributed by atoms with Crippen molar-refractivity contribution < 1.29 is 18.3 Å². The Morgan fingerprint density at radius 2 is 2.22 bits per heavy atom. The van der Waals surface area contributed by atoms with Crippen LogP contribution >= 0.6 is 11.3 Å². The van der Waals surface area contributed by atoms with E-state index in [0.717, 1.165) is 11.1 Å². The highest BCUT2D eigenvalue weighted by molar-refractivity contribution is 7.89. The number of aliphatic hydroxyl groups excluding tert-OH is 1. The fourth-order valence-corrected chi connectivity index (χ4v) is 4.91. The number of amides is 1. The number of nitrogens with zero attached hydrogens (tertiary/aromatic N) is 3. The summed E-state index contributed by atoms with van der Waals surface area (Å²) in [6, 6.07) is 4.06. The molecule has 27 heavy (non-hydrogen) atoms. The Hall–Kier alpha value is -1.85. The Bertz CT molecular complexity index is 915. The zero-order chi connectivity index (χ0) is 19.6. The molecule has 0 bridgehead atoms. The summed E-state index contributed by atoms with van der Waals surface area (Å²) in [4.78, 5) is 18.1. The number of aliphatic hydroxyl groups is 1. The summed E-state index contributed by atoms with van der Waals surface area (Å²) in [7, 11) is -2.16. The molecule has 1 aliphatic rings. The van der Waals surface area contributed by atoms with E-state index in [9.17, 15) is 13.2 Å². The first kappa shape index (κ1) is 19.9. The molecule has 3 N–H and O–H groups in total. The quantitative estimate of drug-likeness (QED) is 0.701. The van der Waals surface area contributed by atoms with E-state index in [1.165, 1.54) is 22.7 Å². The van der Waals surface area contributed by atoms with Gasteiger partial charge in [-0.3, -0.25) is 4.79 Å². The largest absolute Gasteiger partial charge is 0.394 e. The molecule has 1 aromatic heterocycles. The van der Waals surface area contributed by atoms with Gasteiger partial charge in [0, 0.05) is 31.7 Å².